The van der Waals surface area contributed by atoms with Gasteiger partial charge in [0.1, 0.15) is 0 Å². The molecule has 3 aromatic rings. The van der Waals surface area contributed by atoms with E-state index in [-0.39, 0.29) is 6.61 Å². The van der Waals surface area contributed by atoms with Crippen LogP contribution in [0.15, 0.2) is 42.6 Å². The van der Waals surface area contributed by atoms with Gasteiger partial charge in [0.25, 0.3) is 5.19 Å². The summed E-state index contributed by atoms with van der Waals surface area (Å²) < 4.78 is 5.95. The largest absolute Gasteiger partial charge is 0.479 e. The van der Waals surface area contributed by atoms with Crippen LogP contribution in [0.25, 0.3) is 10.2 Å². The van der Waals surface area contributed by atoms with Crippen LogP contribution in [-0.2, 0) is 4.79 Å². The number of H-pyrrole nitrogens is 1. The van der Waals surface area contributed by atoms with Gasteiger partial charge in [-0.3, -0.25) is 0 Å². The highest BCUT2D eigenvalue weighted by Crippen LogP contribution is 2.26. The van der Waals surface area contributed by atoms with Gasteiger partial charge in [-0.05, 0) is 31.2 Å². The number of fused-ring (bicyclic) bond motifs is 1. The van der Waals surface area contributed by atoms with E-state index in [1.165, 1.54) is 17.0 Å². The Morgan fingerprint density at radius 2 is 2.15 bits per heavy atom. The van der Waals surface area contributed by atoms with Crippen molar-refractivity contribution < 1.29 is 14.6 Å². The summed E-state index contributed by atoms with van der Waals surface area (Å²) in [4.78, 5) is 17.4. The molecule has 0 saturated carbocycles. The minimum Gasteiger partial charge on any atom is -0.479 e. The number of aromatic nitrogens is 2. The second-order valence-corrected chi connectivity index (χ2v) is 4.98. The summed E-state index contributed by atoms with van der Waals surface area (Å²) in [5.74, 6) is -0.996. The Morgan fingerprint density at radius 3 is 2.70 bits per heavy atom. The van der Waals surface area contributed by atoms with E-state index in [1.807, 2.05) is 49.5 Å². The molecule has 0 amide bonds. The fourth-order valence-corrected chi connectivity index (χ4v) is 2.27. The third-order valence-electron chi connectivity index (χ3n) is 2.35. The number of carbonyl (C=O) groups is 1. The van der Waals surface area contributed by atoms with Crippen LogP contribution in [0.5, 0.6) is 5.19 Å². The molecule has 0 spiro atoms. The predicted molar refractivity (Wildman–Crippen MR) is 78.3 cm³/mol. The summed E-state index contributed by atoms with van der Waals surface area (Å²) in [6, 6.07) is 11.6. The molecule has 20 heavy (non-hydrogen) atoms. The van der Waals surface area contributed by atoms with Crippen molar-refractivity contribution in [1.29, 1.82) is 0 Å². The molecular weight excluding hydrogens is 276 g/mol. The first-order valence-electron chi connectivity index (χ1n) is 5.95. The quantitative estimate of drug-likeness (QED) is 0.777. The van der Waals surface area contributed by atoms with Crippen molar-refractivity contribution in [3.8, 4) is 5.19 Å². The molecule has 0 unspecified atom stereocenters. The Labute approximate surface area is 119 Å². The third kappa shape index (κ3) is 4.10. The number of rotatable bonds is 3. The van der Waals surface area contributed by atoms with Crippen molar-refractivity contribution in [2.24, 2.45) is 0 Å². The lowest BCUT2D eigenvalue weighted by atomic mass is 10.3. The highest BCUT2D eigenvalue weighted by atomic mass is 32.1. The van der Waals surface area contributed by atoms with Crippen LogP contribution in [-0.4, -0.2) is 27.7 Å². The number of para-hydroxylation sites is 1. The van der Waals surface area contributed by atoms with Crippen LogP contribution in [0, 0.1) is 6.92 Å². The molecule has 6 heteroatoms. The van der Waals surface area contributed by atoms with Gasteiger partial charge in [0, 0.05) is 11.9 Å². The van der Waals surface area contributed by atoms with E-state index in [9.17, 15) is 4.79 Å². The molecule has 2 N–H and O–H groups in total. The summed E-state index contributed by atoms with van der Waals surface area (Å²) in [6.07, 6.45) is 1.91. The van der Waals surface area contributed by atoms with Crippen molar-refractivity contribution in [1.82, 2.24) is 9.97 Å². The van der Waals surface area contributed by atoms with Crippen LogP contribution in [0.4, 0.5) is 0 Å². The highest BCUT2D eigenvalue weighted by Gasteiger charge is 2.05. The van der Waals surface area contributed by atoms with E-state index in [2.05, 4.69) is 9.97 Å². The smallest absolute Gasteiger partial charge is 0.341 e. The number of benzene rings is 1. The van der Waals surface area contributed by atoms with Gasteiger partial charge in [-0.25, -0.2) is 9.78 Å². The van der Waals surface area contributed by atoms with Gasteiger partial charge in [0.2, 0.25) is 0 Å². The van der Waals surface area contributed by atoms with Crippen LogP contribution in [0.1, 0.15) is 5.69 Å². The van der Waals surface area contributed by atoms with Crippen LogP contribution in [0.3, 0.4) is 0 Å². The number of hydrogen-bond donors (Lipinski definition) is 2. The Balaban J connectivity index is 0.000000205. The molecule has 0 aliphatic carbocycles. The number of nitrogens with one attached hydrogen (secondary N) is 1. The van der Waals surface area contributed by atoms with Crippen molar-refractivity contribution in [3.63, 3.8) is 0 Å². The lowest BCUT2D eigenvalue weighted by molar-refractivity contribution is -0.139. The minimum absolute atomic E-state index is 0.347. The molecule has 5 nitrogen and oxygen atoms in total. The van der Waals surface area contributed by atoms with Gasteiger partial charge in [-0.1, -0.05) is 23.5 Å². The van der Waals surface area contributed by atoms with E-state index >= 15 is 0 Å². The number of aromatic amines is 1. The molecule has 1 aromatic carbocycles. The number of nitrogens with zero attached hydrogens (tertiary/aromatic N) is 1. The molecule has 0 bridgehead atoms. The molecule has 0 radical (unpaired) electrons. The van der Waals surface area contributed by atoms with Gasteiger partial charge in [0.15, 0.2) is 6.61 Å². The summed E-state index contributed by atoms with van der Waals surface area (Å²) in [6.45, 7) is 1.68. The maximum Gasteiger partial charge on any atom is 0.341 e. The van der Waals surface area contributed by atoms with Crippen molar-refractivity contribution in [3.05, 3.63) is 48.3 Å². The summed E-state index contributed by atoms with van der Waals surface area (Å²) >= 11 is 1.34. The van der Waals surface area contributed by atoms with Gasteiger partial charge in [-0.15, -0.1) is 0 Å². The summed E-state index contributed by atoms with van der Waals surface area (Å²) in [5, 5.41) is 8.80. The average Bonchev–Trinajstić information content (AvgIpc) is 3.05. The first-order valence-corrected chi connectivity index (χ1v) is 6.77. The van der Waals surface area contributed by atoms with E-state index in [1.54, 1.807) is 0 Å². The van der Waals surface area contributed by atoms with Crippen LogP contribution >= 0.6 is 11.3 Å². The monoisotopic (exact) mass is 290 g/mol. The zero-order valence-electron chi connectivity index (χ0n) is 10.9. The molecule has 0 atom stereocenters. The fourth-order valence-electron chi connectivity index (χ4n) is 1.46. The van der Waals surface area contributed by atoms with E-state index in [0.29, 0.717) is 5.19 Å². The summed E-state index contributed by atoms with van der Waals surface area (Å²) in [7, 11) is 0. The molecule has 0 saturated heterocycles. The van der Waals surface area contributed by atoms with Gasteiger partial charge in [-0.2, -0.15) is 0 Å². The Bertz CT molecular complexity index is 644. The topological polar surface area (TPSA) is 75.2 Å². The standard InChI is InChI=1S/C9H7NO3S.C5H7N/c11-8(12)5-13-9-10-6-3-1-2-4-7(6)14-9;1-5-3-2-4-6-5/h1-4H,5H2,(H,11,12);2-4,6H,1H3. The van der Waals surface area contributed by atoms with Crippen molar-refractivity contribution in [2.75, 3.05) is 6.61 Å². The number of carboxylic acids is 1. The molecule has 0 fully saturated rings. The molecule has 0 aliphatic rings. The van der Waals surface area contributed by atoms with E-state index < -0.39 is 5.97 Å². The maximum atomic E-state index is 10.2. The summed E-state index contributed by atoms with van der Waals surface area (Å²) in [5.41, 5.74) is 2.05. The van der Waals surface area contributed by atoms with Crippen LogP contribution < -0.4 is 4.74 Å². The van der Waals surface area contributed by atoms with Gasteiger partial charge in [0.05, 0.1) is 10.2 Å². The number of carboxylic acid groups (broad SMARTS) is 1. The van der Waals surface area contributed by atoms with Crippen molar-refractivity contribution in [2.45, 2.75) is 6.92 Å². The van der Waals surface area contributed by atoms with Gasteiger partial charge >= 0.3 is 5.97 Å². The Kier molecular flexibility index (Phi) is 4.73. The predicted octanol–water partition coefficient (Wildman–Crippen LogP) is 3.08. The lowest BCUT2D eigenvalue weighted by Crippen LogP contribution is -2.08. The highest BCUT2D eigenvalue weighted by molar-refractivity contribution is 7.20. The molecule has 0 aliphatic heterocycles. The first-order chi connectivity index (χ1) is 9.65. The molecule has 104 valence electrons. The van der Waals surface area contributed by atoms with E-state index in [4.69, 9.17) is 9.84 Å². The Hall–Kier alpha value is -2.34. The van der Waals surface area contributed by atoms with Gasteiger partial charge < -0.3 is 14.8 Å². The zero-order valence-corrected chi connectivity index (χ0v) is 11.7. The average molecular weight is 290 g/mol. The number of ether oxygens (including phenoxy) is 1. The third-order valence-corrected chi connectivity index (χ3v) is 3.30. The maximum absolute atomic E-state index is 10.2. The first kappa shape index (κ1) is 14.1. The number of hydrogen-bond acceptors (Lipinski definition) is 4. The SMILES string of the molecule is Cc1ccc[nH]1.O=C(O)COc1nc2ccccc2s1. The lowest BCUT2D eigenvalue weighted by Gasteiger charge is -1.94. The number of thiazole rings is 1. The molecule has 3 rings (SSSR count). The van der Waals surface area contributed by atoms with Crippen LogP contribution in [0.2, 0.25) is 0 Å². The number of aliphatic carboxylic acids is 1. The molecule has 2 aromatic heterocycles. The zero-order chi connectivity index (χ0) is 14.4. The molecule has 2 heterocycles. The second kappa shape index (κ2) is 6.72. The van der Waals surface area contributed by atoms with Crippen molar-refractivity contribution >= 4 is 27.5 Å². The molecular formula is C14H14N2O3S. The normalized spacial score (nSPS) is 9.85. The number of aryl methyl sites for hydroxylation is 1. The minimum atomic E-state index is -0.996. The van der Waals surface area contributed by atoms with E-state index in [0.717, 1.165) is 10.2 Å². The Morgan fingerprint density at radius 1 is 1.35 bits per heavy atom. The fraction of sp³-hybridized carbons (Fsp3) is 0.143. The second-order valence-electron chi connectivity index (χ2n) is 3.98.